The molecule has 0 spiro atoms. The van der Waals surface area contributed by atoms with Crippen molar-refractivity contribution in [2.45, 2.75) is 0 Å². The third-order valence-electron chi connectivity index (χ3n) is 4.85. The van der Waals surface area contributed by atoms with E-state index in [9.17, 15) is 0 Å². The lowest BCUT2D eigenvalue weighted by Crippen LogP contribution is -2.31. The van der Waals surface area contributed by atoms with E-state index in [0.717, 1.165) is 34.1 Å². The fourth-order valence-corrected chi connectivity index (χ4v) is 3.86. The lowest BCUT2D eigenvalue weighted by Gasteiger charge is -2.12. The van der Waals surface area contributed by atoms with Gasteiger partial charge in [-0.2, -0.15) is 0 Å². The summed E-state index contributed by atoms with van der Waals surface area (Å²) in [6.07, 6.45) is 1.96. The van der Waals surface area contributed by atoms with Crippen molar-refractivity contribution >= 4 is 52.0 Å². The molecule has 4 aromatic rings. The molecule has 2 aromatic carbocycles. The van der Waals surface area contributed by atoms with Crippen molar-refractivity contribution in [2.24, 2.45) is 12.0 Å². The van der Waals surface area contributed by atoms with Crippen LogP contribution < -0.4 is 4.57 Å². The Bertz CT molecular complexity index is 1240. The Kier molecular flexibility index (Phi) is 5.74. The molecule has 4 rings (SSSR count). The maximum atomic E-state index is 6.34. The van der Waals surface area contributed by atoms with Crippen LogP contribution in [0.1, 0.15) is 5.56 Å². The van der Waals surface area contributed by atoms with Gasteiger partial charge in [0.15, 0.2) is 5.52 Å². The van der Waals surface area contributed by atoms with Gasteiger partial charge in [0, 0.05) is 46.4 Å². The van der Waals surface area contributed by atoms with Crippen molar-refractivity contribution in [1.82, 2.24) is 9.30 Å². The van der Waals surface area contributed by atoms with Crippen molar-refractivity contribution < 1.29 is 4.57 Å². The molecule has 0 amide bonds. The predicted octanol–water partition coefficient (Wildman–Crippen LogP) is 6.03. The molecule has 7 heteroatoms. The monoisotopic (exact) mass is 457 g/mol. The van der Waals surface area contributed by atoms with Gasteiger partial charge < -0.3 is 4.90 Å². The van der Waals surface area contributed by atoms with Crippen LogP contribution in [-0.2, 0) is 7.05 Å². The summed E-state index contributed by atoms with van der Waals surface area (Å²) in [4.78, 5) is 7.03. The van der Waals surface area contributed by atoms with Crippen LogP contribution in [0, 0.1) is 0 Å². The molecule has 0 aliphatic rings. The first kappa shape index (κ1) is 20.7. The second-order valence-electron chi connectivity index (χ2n) is 7.15. The molecule has 0 radical (unpaired) electrons. The van der Waals surface area contributed by atoms with Crippen LogP contribution in [0.4, 0.5) is 5.82 Å². The minimum absolute atomic E-state index is 0.651. The van der Waals surface area contributed by atoms with Gasteiger partial charge >= 0.3 is 5.82 Å². The van der Waals surface area contributed by atoms with E-state index in [4.69, 9.17) is 39.8 Å². The molecule has 0 bridgehead atoms. The molecule has 0 fully saturated rings. The molecule has 0 N–H and O–H groups in total. The summed E-state index contributed by atoms with van der Waals surface area (Å²) in [5, 5.41) is 2.03. The minimum atomic E-state index is 0.651. The first-order valence-corrected chi connectivity index (χ1v) is 10.5. The van der Waals surface area contributed by atoms with E-state index in [-0.39, 0.29) is 0 Å². The molecular formula is C23H20Cl3N4+. The Labute approximate surface area is 190 Å². The first-order valence-electron chi connectivity index (χ1n) is 9.32. The average molecular weight is 459 g/mol. The fraction of sp³-hybridized carbons (Fsp3) is 0.130. The Morgan fingerprint density at radius 2 is 1.47 bits per heavy atom. The van der Waals surface area contributed by atoms with Gasteiger partial charge in [-0.1, -0.05) is 39.8 Å². The molecule has 152 valence electrons. The summed E-state index contributed by atoms with van der Waals surface area (Å²) in [5.74, 6) is 2.59. The summed E-state index contributed by atoms with van der Waals surface area (Å²) in [6.45, 7) is 0. The van der Waals surface area contributed by atoms with Gasteiger partial charge in [0.2, 0.25) is 11.7 Å². The van der Waals surface area contributed by atoms with E-state index in [1.165, 1.54) is 0 Å². The summed E-state index contributed by atoms with van der Waals surface area (Å²) in [6, 6.07) is 19.2. The third kappa shape index (κ3) is 3.91. The zero-order valence-corrected chi connectivity index (χ0v) is 19.0. The normalized spacial score (nSPS) is 11.9. The van der Waals surface area contributed by atoms with Crippen molar-refractivity contribution in [1.29, 1.82) is 0 Å². The largest absolute Gasteiger partial charge is 0.349 e. The zero-order valence-electron chi connectivity index (χ0n) is 16.8. The maximum absolute atomic E-state index is 6.34. The van der Waals surface area contributed by atoms with Gasteiger partial charge in [0.1, 0.15) is 0 Å². The molecule has 0 aliphatic carbocycles. The standard InChI is InChI=1S/C23H20Cl3N4/c1-28(2)21(15-4-8-17(24)9-5-15)27-22-20-14-19(26)12-13-30(20)23(29(22)3)16-6-10-18(25)11-7-16/h4-14H,1-3H3/q+1/b27-21-. The number of hydrogen-bond acceptors (Lipinski definition) is 1. The maximum Gasteiger partial charge on any atom is 0.304 e. The number of hydrogen-bond donors (Lipinski definition) is 0. The van der Waals surface area contributed by atoms with Gasteiger partial charge in [-0.25, -0.2) is 8.97 Å². The quantitative estimate of drug-likeness (QED) is 0.209. The number of benzene rings is 2. The smallest absolute Gasteiger partial charge is 0.304 e. The topological polar surface area (TPSA) is 23.9 Å². The zero-order chi connectivity index (χ0) is 21.4. The SMILES string of the molecule is CN(C)/C(=N\c1c2cc(Cl)ccn2c(-c2ccc(Cl)cc2)[n+]1C)c1ccc(Cl)cc1. The Balaban J connectivity index is 1.99. The number of imidazole rings is 1. The van der Waals surface area contributed by atoms with Crippen molar-refractivity contribution in [2.75, 3.05) is 14.1 Å². The average Bonchev–Trinajstić information content (AvgIpc) is 2.98. The molecule has 0 unspecified atom stereocenters. The van der Waals surface area contributed by atoms with Crippen LogP contribution in [-0.4, -0.2) is 29.2 Å². The number of aromatic nitrogens is 2. The summed E-state index contributed by atoms with van der Waals surface area (Å²) >= 11 is 18.5. The van der Waals surface area contributed by atoms with Gasteiger partial charge in [-0.15, -0.1) is 0 Å². The lowest BCUT2D eigenvalue weighted by atomic mass is 10.2. The summed E-state index contributed by atoms with van der Waals surface area (Å²) in [5.41, 5.74) is 2.90. The van der Waals surface area contributed by atoms with E-state index in [2.05, 4.69) is 8.97 Å². The number of fused-ring (bicyclic) bond motifs is 1. The molecule has 0 saturated heterocycles. The lowest BCUT2D eigenvalue weighted by molar-refractivity contribution is -0.645. The highest BCUT2D eigenvalue weighted by atomic mass is 35.5. The van der Waals surface area contributed by atoms with Crippen molar-refractivity contribution in [3.05, 3.63) is 87.5 Å². The second-order valence-corrected chi connectivity index (χ2v) is 8.46. The predicted molar refractivity (Wildman–Crippen MR) is 125 cm³/mol. The highest BCUT2D eigenvalue weighted by Gasteiger charge is 2.25. The minimum Gasteiger partial charge on any atom is -0.349 e. The molecule has 0 atom stereocenters. The molecule has 0 aliphatic heterocycles. The summed E-state index contributed by atoms with van der Waals surface area (Å²) < 4.78 is 4.15. The van der Waals surface area contributed by atoms with Crippen LogP contribution in [0.2, 0.25) is 15.1 Å². The van der Waals surface area contributed by atoms with E-state index < -0.39 is 0 Å². The van der Waals surface area contributed by atoms with Crippen LogP contribution in [0.25, 0.3) is 16.9 Å². The van der Waals surface area contributed by atoms with Crippen LogP contribution in [0.15, 0.2) is 71.9 Å². The Morgan fingerprint density at radius 1 is 0.867 bits per heavy atom. The number of rotatable bonds is 3. The number of nitrogens with zero attached hydrogens (tertiary/aromatic N) is 4. The highest BCUT2D eigenvalue weighted by Crippen LogP contribution is 2.29. The van der Waals surface area contributed by atoms with Crippen LogP contribution in [0.5, 0.6) is 0 Å². The summed E-state index contributed by atoms with van der Waals surface area (Å²) in [7, 11) is 5.94. The molecule has 4 nitrogen and oxygen atoms in total. The van der Waals surface area contributed by atoms with Gasteiger partial charge in [-0.05, 0) is 54.6 Å². The Morgan fingerprint density at radius 3 is 2.07 bits per heavy atom. The van der Waals surface area contributed by atoms with Gasteiger partial charge in [0.25, 0.3) is 0 Å². The first-order chi connectivity index (χ1) is 14.3. The van der Waals surface area contributed by atoms with E-state index in [1.807, 2.05) is 92.9 Å². The van der Waals surface area contributed by atoms with E-state index in [0.29, 0.717) is 15.1 Å². The van der Waals surface area contributed by atoms with Crippen molar-refractivity contribution in [3.63, 3.8) is 0 Å². The van der Waals surface area contributed by atoms with Crippen molar-refractivity contribution in [3.8, 4) is 11.4 Å². The molecule has 2 aromatic heterocycles. The van der Waals surface area contributed by atoms with Crippen LogP contribution >= 0.6 is 34.8 Å². The fourth-order valence-electron chi connectivity index (χ4n) is 3.45. The second kappa shape index (κ2) is 8.31. The van der Waals surface area contributed by atoms with Gasteiger partial charge in [0.05, 0.1) is 13.2 Å². The van der Waals surface area contributed by atoms with E-state index in [1.54, 1.807) is 0 Å². The van der Waals surface area contributed by atoms with Gasteiger partial charge in [-0.3, -0.25) is 0 Å². The Hall–Kier alpha value is -2.53. The number of aliphatic imine (C=N–C) groups is 1. The highest BCUT2D eigenvalue weighted by molar-refractivity contribution is 6.31. The van der Waals surface area contributed by atoms with Crippen LogP contribution in [0.3, 0.4) is 0 Å². The molecule has 2 heterocycles. The molecule has 0 saturated carbocycles. The number of pyridine rings is 1. The number of halogens is 3. The number of amidine groups is 1. The van der Waals surface area contributed by atoms with E-state index >= 15 is 0 Å². The third-order valence-corrected chi connectivity index (χ3v) is 5.59. The molecular weight excluding hydrogens is 439 g/mol. The molecule has 30 heavy (non-hydrogen) atoms.